The van der Waals surface area contributed by atoms with Gasteiger partial charge in [-0.2, -0.15) is 0 Å². The zero-order valence-electron chi connectivity index (χ0n) is 14.5. The molecule has 0 aromatic carbocycles. The van der Waals surface area contributed by atoms with Crippen LogP contribution in [0.4, 0.5) is 0 Å². The van der Waals surface area contributed by atoms with E-state index in [1.807, 2.05) is 4.90 Å². The van der Waals surface area contributed by atoms with Crippen molar-refractivity contribution >= 4 is 17.8 Å². The van der Waals surface area contributed by atoms with Gasteiger partial charge in [0, 0.05) is 19.0 Å². The largest absolute Gasteiger partial charge is 0.467 e. The van der Waals surface area contributed by atoms with Gasteiger partial charge in [-0.15, -0.1) is 0 Å². The van der Waals surface area contributed by atoms with Crippen LogP contribution >= 0.6 is 0 Å². The summed E-state index contributed by atoms with van der Waals surface area (Å²) in [7, 11) is 1.37. The van der Waals surface area contributed by atoms with Crippen LogP contribution in [0.5, 0.6) is 0 Å². The monoisotopic (exact) mass is 336 g/mol. The van der Waals surface area contributed by atoms with E-state index < -0.39 is 5.54 Å². The van der Waals surface area contributed by atoms with Gasteiger partial charge >= 0.3 is 5.97 Å². The van der Waals surface area contributed by atoms with Crippen molar-refractivity contribution in [1.29, 1.82) is 0 Å². The Kier molecular flexibility index (Phi) is 5.11. The van der Waals surface area contributed by atoms with Gasteiger partial charge in [0.05, 0.1) is 13.0 Å². The summed E-state index contributed by atoms with van der Waals surface area (Å²) in [5, 5.41) is 2.96. The number of ether oxygens (including phenoxy) is 1. The van der Waals surface area contributed by atoms with Gasteiger partial charge in [-0.3, -0.25) is 9.59 Å². The quantitative estimate of drug-likeness (QED) is 0.794. The predicted molar refractivity (Wildman–Crippen MR) is 88.1 cm³/mol. The normalized spacial score (nSPS) is 27.3. The third kappa shape index (κ3) is 3.28. The molecule has 1 heterocycles. The summed E-state index contributed by atoms with van der Waals surface area (Å²) < 4.78 is 4.95. The minimum atomic E-state index is -0.895. The Morgan fingerprint density at radius 3 is 2.42 bits per heavy atom. The van der Waals surface area contributed by atoms with Crippen LogP contribution < -0.4 is 5.32 Å². The molecule has 2 aliphatic carbocycles. The van der Waals surface area contributed by atoms with Crippen molar-refractivity contribution < 1.29 is 19.1 Å². The topological polar surface area (TPSA) is 75.7 Å². The van der Waals surface area contributed by atoms with Gasteiger partial charge in [0.15, 0.2) is 0 Å². The molecule has 24 heavy (non-hydrogen) atoms. The molecule has 3 fully saturated rings. The summed E-state index contributed by atoms with van der Waals surface area (Å²) in [6.07, 6.45) is 8.83. The standard InChI is InChI=1S/C18H28N2O4/c1-24-17(23)18(9-5-2-6-10-18)19-16(22)13-11-15(21)20(12-13)14-7-3-4-8-14/h13-14H,2-12H2,1H3,(H,19,22)/t13-/m1/s1. The van der Waals surface area contributed by atoms with Gasteiger partial charge in [0.25, 0.3) is 0 Å². The number of hydrogen-bond acceptors (Lipinski definition) is 4. The van der Waals surface area contributed by atoms with Gasteiger partial charge in [-0.25, -0.2) is 4.79 Å². The second kappa shape index (κ2) is 7.11. The van der Waals surface area contributed by atoms with Crippen molar-refractivity contribution in [2.24, 2.45) is 5.92 Å². The first-order valence-corrected chi connectivity index (χ1v) is 9.26. The molecule has 0 spiro atoms. The van der Waals surface area contributed by atoms with Gasteiger partial charge in [0.2, 0.25) is 11.8 Å². The maximum Gasteiger partial charge on any atom is 0.331 e. The Balaban J connectivity index is 1.65. The zero-order chi connectivity index (χ0) is 17.2. The molecule has 1 N–H and O–H groups in total. The van der Waals surface area contributed by atoms with Gasteiger partial charge in [-0.05, 0) is 25.7 Å². The van der Waals surface area contributed by atoms with Crippen LogP contribution in [-0.4, -0.2) is 47.9 Å². The number of amides is 2. The molecular formula is C18H28N2O4. The van der Waals surface area contributed by atoms with Gasteiger partial charge < -0.3 is 15.0 Å². The minimum absolute atomic E-state index is 0.0813. The van der Waals surface area contributed by atoms with Gasteiger partial charge in [-0.1, -0.05) is 32.1 Å². The fraction of sp³-hybridized carbons (Fsp3) is 0.833. The molecule has 0 radical (unpaired) electrons. The number of rotatable bonds is 4. The highest BCUT2D eigenvalue weighted by Gasteiger charge is 2.45. The zero-order valence-corrected chi connectivity index (χ0v) is 14.5. The molecule has 0 unspecified atom stereocenters. The Bertz CT molecular complexity index is 507. The Morgan fingerprint density at radius 1 is 1.12 bits per heavy atom. The molecule has 134 valence electrons. The predicted octanol–water partition coefficient (Wildman–Crippen LogP) is 1.77. The number of likely N-dealkylation sites (tertiary alicyclic amines) is 1. The lowest BCUT2D eigenvalue weighted by molar-refractivity contribution is -0.153. The third-order valence-electron chi connectivity index (χ3n) is 5.94. The first-order valence-electron chi connectivity index (χ1n) is 9.26. The van der Waals surface area contributed by atoms with Crippen LogP contribution in [0.2, 0.25) is 0 Å². The molecule has 0 aromatic heterocycles. The number of methoxy groups -OCH3 is 1. The average molecular weight is 336 g/mol. The van der Waals surface area contributed by atoms with E-state index in [-0.39, 0.29) is 30.1 Å². The van der Waals surface area contributed by atoms with Crippen LogP contribution in [0.25, 0.3) is 0 Å². The molecular weight excluding hydrogens is 308 g/mol. The van der Waals surface area contributed by atoms with E-state index in [2.05, 4.69) is 5.32 Å². The highest BCUT2D eigenvalue weighted by Crippen LogP contribution is 2.32. The fourth-order valence-electron chi connectivity index (χ4n) is 4.54. The van der Waals surface area contributed by atoms with E-state index in [0.29, 0.717) is 25.4 Å². The summed E-state index contributed by atoms with van der Waals surface area (Å²) in [5.41, 5.74) is -0.895. The summed E-state index contributed by atoms with van der Waals surface area (Å²) in [4.78, 5) is 39.2. The lowest BCUT2D eigenvalue weighted by atomic mass is 9.81. The summed E-state index contributed by atoms with van der Waals surface area (Å²) >= 11 is 0. The number of esters is 1. The van der Waals surface area contributed by atoms with Crippen molar-refractivity contribution in [3.05, 3.63) is 0 Å². The minimum Gasteiger partial charge on any atom is -0.467 e. The van der Waals surface area contributed by atoms with E-state index in [9.17, 15) is 14.4 Å². The molecule has 3 rings (SSSR count). The molecule has 0 bridgehead atoms. The summed E-state index contributed by atoms with van der Waals surface area (Å²) in [6, 6.07) is 0.305. The van der Waals surface area contributed by atoms with Crippen molar-refractivity contribution in [2.45, 2.75) is 75.8 Å². The van der Waals surface area contributed by atoms with Gasteiger partial charge in [0.1, 0.15) is 5.54 Å². The van der Waals surface area contributed by atoms with Crippen LogP contribution in [0.3, 0.4) is 0 Å². The van der Waals surface area contributed by atoms with Crippen molar-refractivity contribution in [2.75, 3.05) is 13.7 Å². The first-order chi connectivity index (χ1) is 11.6. The van der Waals surface area contributed by atoms with Crippen LogP contribution in [0.1, 0.15) is 64.2 Å². The van der Waals surface area contributed by atoms with Crippen molar-refractivity contribution in [3.8, 4) is 0 Å². The Labute approximate surface area is 143 Å². The maximum absolute atomic E-state index is 12.7. The first kappa shape index (κ1) is 17.2. The molecule has 6 nitrogen and oxygen atoms in total. The fourth-order valence-corrected chi connectivity index (χ4v) is 4.54. The molecule has 3 aliphatic rings. The smallest absolute Gasteiger partial charge is 0.331 e. The molecule has 1 aliphatic heterocycles. The Hall–Kier alpha value is -1.59. The number of hydrogen-bond donors (Lipinski definition) is 1. The third-order valence-corrected chi connectivity index (χ3v) is 5.94. The lowest BCUT2D eigenvalue weighted by Crippen LogP contribution is -2.57. The number of nitrogens with zero attached hydrogens (tertiary/aromatic N) is 1. The summed E-state index contributed by atoms with van der Waals surface area (Å²) in [6.45, 7) is 0.493. The molecule has 0 aromatic rings. The number of nitrogens with one attached hydrogen (secondary N) is 1. The highest BCUT2D eigenvalue weighted by atomic mass is 16.5. The second-order valence-electron chi connectivity index (χ2n) is 7.51. The SMILES string of the molecule is COC(=O)C1(NC(=O)[C@@H]2CC(=O)N(C3CCCC3)C2)CCCCC1. The molecule has 1 atom stereocenters. The van der Waals surface area contributed by atoms with Crippen LogP contribution in [0, 0.1) is 5.92 Å². The summed E-state index contributed by atoms with van der Waals surface area (Å²) in [5.74, 6) is -0.789. The van der Waals surface area contributed by atoms with Crippen LogP contribution in [0.15, 0.2) is 0 Å². The highest BCUT2D eigenvalue weighted by molar-refractivity contribution is 5.93. The van der Waals surface area contributed by atoms with E-state index in [1.54, 1.807) is 0 Å². The van der Waals surface area contributed by atoms with E-state index in [4.69, 9.17) is 4.74 Å². The molecule has 1 saturated heterocycles. The van der Waals surface area contributed by atoms with Crippen LogP contribution in [-0.2, 0) is 19.1 Å². The van der Waals surface area contributed by atoms with Crippen molar-refractivity contribution in [3.63, 3.8) is 0 Å². The number of carbonyl (C=O) groups excluding carboxylic acids is 3. The average Bonchev–Trinajstić information content (AvgIpc) is 3.24. The second-order valence-corrected chi connectivity index (χ2v) is 7.51. The Morgan fingerprint density at radius 2 is 1.79 bits per heavy atom. The van der Waals surface area contributed by atoms with E-state index in [0.717, 1.165) is 44.9 Å². The van der Waals surface area contributed by atoms with Crippen molar-refractivity contribution in [1.82, 2.24) is 10.2 Å². The maximum atomic E-state index is 12.7. The molecule has 2 amide bonds. The molecule has 2 saturated carbocycles. The van der Waals surface area contributed by atoms with E-state index >= 15 is 0 Å². The lowest BCUT2D eigenvalue weighted by Gasteiger charge is -2.36. The molecule has 6 heteroatoms. The van der Waals surface area contributed by atoms with E-state index in [1.165, 1.54) is 7.11 Å². The number of carbonyl (C=O) groups is 3.